The molecule has 0 spiro atoms. The second-order valence-corrected chi connectivity index (χ2v) is 4.34. The van der Waals surface area contributed by atoms with Crippen molar-refractivity contribution in [1.82, 2.24) is 0 Å². The SMILES string of the molecule is COC(=O)CC(=O)OC(C)CC(C)OC(=O)CC(=O)OC. The van der Waals surface area contributed by atoms with Crippen molar-refractivity contribution in [3.05, 3.63) is 0 Å². The Hall–Kier alpha value is -2.12. The molecule has 0 aliphatic carbocycles. The monoisotopic (exact) mass is 304 g/mol. The molecule has 21 heavy (non-hydrogen) atoms. The van der Waals surface area contributed by atoms with Crippen LogP contribution in [0.25, 0.3) is 0 Å². The molecule has 0 radical (unpaired) electrons. The van der Waals surface area contributed by atoms with Crippen LogP contribution in [0.1, 0.15) is 33.1 Å². The van der Waals surface area contributed by atoms with Gasteiger partial charge in [0.1, 0.15) is 25.0 Å². The van der Waals surface area contributed by atoms with Gasteiger partial charge in [0.25, 0.3) is 0 Å². The van der Waals surface area contributed by atoms with Crippen molar-refractivity contribution < 1.29 is 38.1 Å². The van der Waals surface area contributed by atoms with Gasteiger partial charge in [-0.15, -0.1) is 0 Å². The molecule has 8 nitrogen and oxygen atoms in total. The van der Waals surface area contributed by atoms with E-state index in [9.17, 15) is 19.2 Å². The number of ether oxygens (including phenoxy) is 4. The van der Waals surface area contributed by atoms with Crippen molar-refractivity contribution in [2.45, 2.75) is 45.3 Å². The Morgan fingerprint density at radius 1 is 0.714 bits per heavy atom. The van der Waals surface area contributed by atoms with Gasteiger partial charge in [-0.1, -0.05) is 0 Å². The minimum atomic E-state index is -0.720. The maximum atomic E-state index is 11.3. The molecule has 2 unspecified atom stereocenters. The zero-order chi connectivity index (χ0) is 16.4. The van der Waals surface area contributed by atoms with E-state index in [0.717, 1.165) is 0 Å². The summed E-state index contributed by atoms with van der Waals surface area (Å²) in [6, 6.07) is 0. The topological polar surface area (TPSA) is 105 Å². The smallest absolute Gasteiger partial charge is 0.317 e. The van der Waals surface area contributed by atoms with Crippen LogP contribution >= 0.6 is 0 Å². The molecule has 8 heteroatoms. The van der Waals surface area contributed by atoms with Gasteiger partial charge in [0, 0.05) is 6.42 Å². The Labute approximate surface area is 122 Å². The van der Waals surface area contributed by atoms with Gasteiger partial charge in [-0.3, -0.25) is 19.2 Å². The molecule has 0 aliphatic heterocycles. The van der Waals surface area contributed by atoms with Crippen LogP contribution in [0.15, 0.2) is 0 Å². The fourth-order valence-electron chi connectivity index (χ4n) is 1.48. The molecule has 0 saturated heterocycles. The molecule has 0 N–H and O–H groups in total. The van der Waals surface area contributed by atoms with E-state index in [1.165, 1.54) is 14.2 Å². The van der Waals surface area contributed by atoms with E-state index in [1.807, 2.05) is 0 Å². The first-order chi connectivity index (χ1) is 9.78. The Kier molecular flexibility index (Phi) is 8.75. The molecule has 0 amide bonds. The number of methoxy groups -OCH3 is 2. The minimum absolute atomic E-state index is 0.236. The Bertz CT molecular complexity index is 354. The molecule has 0 aromatic rings. The second kappa shape index (κ2) is 9.73. The van der Waals surface area contributed by atoms with E-state index < -0.39 is 48.9 Å². The van der Waals surface area contributed by atoms with Crippen molar-refractivity contribution in [3.63, 3.8) is 0 Å². The average Bonchev–Trinajstić information content (AvgIpc) is 2.37. The highest BCUT2D eigenvalue weighted by Crippen LogP contribution is 2.08. The first-order valence-corrected chi connectivity index (χ1v) is 6.31. The average molecular weight is 304 g/mol. The summed E-state index contributed by atoms with van der Waals surface area (Å²) in [4.78, 5) is 44.4. The lowest BCUT2D eigenvalue weighted by Crippen LogP contribution is -2.25. The van der Waals surface area contributed by atoms with Crippen molar-refractivity contribution in [3.8, 4) is 0 Å². The predicted octanol–water partition coefficient (Wildman–Crippen LogP) is 0.366. The number of esters is 4. The first kappa shape index (κ1) is 18.9. The van der Waals surface area contributed by atoms with Gasteiger partial charge in [0.2, 0.25) is 0 Å². The number of hydrogen-bond donors (Lipinski definition) is 0. The van der Waals surface area contributed by atoms with Crippen LogP contribution in [0.4, 0.5) is 0 Å². The van der Waals surface area contributed by atoms with Crippen molar-refractivity contribution in [2.75, 3.05) is 14.2 Å². The van der Waals surface area contributed by atoms with E-state index >= 15 is 0 Å². The molecule has 2 atom stereocenters. The van der Waals surface area contributed by atoms with E-state index in [2.05, 4.69) is 9.47 Å². The third-order valence-electron chi connectivity index (χ3n) is 2.36. The number of carbonyl (C=O) groups excluding carboxylic acids is 4. The zero-order valence-corrected chi connectivity index (χ0v) is 12.5. The Morgan fingerprint density at radius 2 is 1.05 bits per heavy atom. The van der Waals surface area contributed by atoms with E-state index in [1.54, 1.807) is 13.8 Å². The summed E-state index contributed by atoms with van der Waals surface area (Å²) < 4.78 is 18.6. The van der Waals surface area contributed by atoms with Crippen molar-refractivity contribution in [1.29, 1.82) is 0 Å². The van der Waals surface area contributed by atoms with Crippen LogP contribution in [0.2, 0.25) is 0 Å². The van der Waals surface area contributed by atoms with Crippen LogP contribution in [0, 0.1) is 0 Å². The largest absolute Gasteiger partial charge is 0.469 e. The summed E-state index contributed by atoms with van der Waals surface area (Å²) in [6.07, 6.45) is -1.82. The maximum Gasteiger partial charge on any atom is 0.317 e. The van der Waals surface area contributed by atoms with Gasteiger partial charge in [0.15, 0.2) is 0 Å². The third kappa shape index (κ3) is 9.42. The first-order valence-electron chi connectivity index (χ1n) is 6.31. The highest BCUT2D eigenvalue weighted by Gasteiger charge is 2.19. The van der Waals surface area contributed by atoms with E-state index in [4.69, 9.17) is 9.47 Å². The molecule has 0 fully saturated rings. The molecular weight excluding hydrogens is 284 g/mol. The fraction of sp³-hybridized carbons (Fsp3) is 0.692. The Morgan fingerprint density at radius 3 is 1.33 bits per heavy atom. The number of carbonyl (C=O) groups is 4. The lowest BCUT2D eigenvalue weighted by molar-refractivity contribution is -0.158. The highest BCUT2D eigenvalue weighted by atomic mass is 16.6. The van der Waals surface area contributed by atoms with Gasteiger partial charge in [0.05, 0.1) is 14.2 Å². The van der Waals surface area contributed by atoms with Crippen molar-refractivity contribution >= 4 is 23.9 Å². The zero-order valence-electron chi connectivity index (χ0n) is 12.5. The molecular formula is C13H20O8. The standard InChI is InChI=1S/C13H20O8/c1-8(20-12(16)6-10(14)18-3)5-9(2)21-13(17)7-11(15)19-4/h8-9H,5-7H2,1-4H3. The van der Waals surface area contributed by atoms with Gasteiger partial charge >= 0.3 is 23.9 Å². The predicted molar refractivity (Wildman–Crippen MR) is 69.0 cm³/mol. The molecule has 120 valence electrons. The summed E-state index contributed by atoms with van der Waals surface area (Å²) in [5.41, 5.74) is 0. The lowest BCUT2D eigenvalue weighted by Gasteiger charge is -2.18. The summed E-state index contributed by atoms with van der Waals surface area (Å²) in [5, 5.41) is 0. The van der Waals surface area contributed by atoms with Crippen LogP contribution in [0.5, 0.6) is 0 Å². The molecule has 0 aromatic heterocycles. The molecule has 0 saturated carbocycles. The van der Waals surface area contributed by atoms with Crippen LogP contribution < -0.4 is 0 Å². The maximum absolute atomic E-state index is 11.3. The van der Waals surface area contributed by atoms with Gasteiger partial charge in [-0.2, -0.15) is 0 Å². The van der Waals surface area contributed by atoms with Gasteiger partial charge in [-0.25, -0.2) is 0 Å². The molecule has 0 bridgehead atoms. The molecule has 0 aromatic carbocycles. The summed E-state index contributed by atoms with van der Waals surface area (Å²) >= 11 is 0. The lowest BCUT2D eigenvalue weighted by atomic mass is 10.2. The van der Waals surface area contributed by atoms with Crippen LogP contribution in [-0.2, 0) is 38.1 Å². The summed E-state index contributed by atoms with van der Waals surface area (Å²) in [6.45, 7) is 3.19. The van der Waals surface area contributed by atoms with Crippen LogP contribution in [-0.4, -0.2) is 50.3 Å². The molecule has 0 aliphatic rings. The Balaban J connectivity index is 4.06. The second-order valence-electron chi connectivity index (χ2n) is 4.34. The highest BCUT2D eigenvalue weighted by molar-refractivity contribution is 5.91. The quantitative estimate of drug-likeness (QED) is 0.360. The number of hydrogen-bond acceptors (Lipinski definition) is 8. The summed E-state index contributed by atoms with van der Waals surface area (Å²) in [5.74, 6) is -2.82. The summed E-state index contributed by atoms with van der Waals surface area (Å²) in [7, 11) is 2.34. The van der Waals surface area contributed by atoms with Gasteiger partial charge < -0.3 is 18.9 Å². The van der Waals surface area contributed by atoms with Crippen LogP contribution in [0.3, 0.4) is 0 Å². The molecule has 0 rings (SSSR count). The van der Waals surface area contributed by atoms with E-state index in [-0.39, 0.29) is 6.42 Å². The molecule has 0 heterocycles. The van der Waals surface area contributed by atoms with Gasteiger partial charge in [-0.05, 0) is 13.8 Å². The van der Waals surface area contributed by atoms with Crippen molar-refractivity contribution in [2.24, 2.45) is 0 Å². The fourth-order valence-corrected chi connectivity index (χ4v) is 1.48. The normalized spacial score (nSPS) is 12.8. The number of rotatable bonds is 8. The van der Waals surface area contributed by atoms with E-state index in [0.29, 0.717) is 0 Å². The minimum Gasteiger partial charge on any atom is -0.469 e. The third-order valence-corrected chi connectivity index (χ3v) is 2.36.